The van der Waals surface area contributed by atoms with Gasteiger partial charge in [0.2, 0.25) is 16.5 Å². The summed E-state index contributed by atoms with van der Waals surface area (Å²) in [6.07, 6.45) is 0. The van der Waals surface area contributed by atoms with Crippen molar-refractivity contribution >= 4 is 38.2 Å². The maximum absolute atomic E-state index is 5.87. The summed E-state index contributed by atoms with van der Waals surface area (Å²) in [4.78, 5) is 14.0. The molecular weight excluding hydrogens is 322 g/mol. The van der Waals surface area contributed by atoms with E-state index in [0.29, 0.717) is 5.62 Å². The smallest absolute Gasteiger partial charge is 0.240 e. The molecule has 0 fully saturated rings. The maximum Gasteiger partial charge on any atom is 0.240 e. The number of hydrogen-bond acceptors (Lipinski definition) is 6. The van der Waals surface area contributed by atoms with Gasteiger partial charge in [0, 0.05) is 0 Å². The number of benzene rings is 2. The minimum atomic E-state index is 0.208. The van der Waals surface area contributed by atoms with Gasteiger partial charge >= 0.3 is 0 Å². The summed E-state index contributed by atoms with van der Waals surface area (Å²) < 4.78 is 8.24. The summed E-state index contributed by atoms with van der Waals surface area (Å²) in [7, 11) is 1.65. The first-order valence-electron chi connectivity index (χ1n) is 7.38. The van der Waals surface area contributed by atoms with E-state index in [0.717, 1.165) is 26.6 Å². The lowest BCUT2D eigenvalue weighted by atomic mass is 10.2. The Morgan fingerprint density at radius 3 is 2.67 bits per heavy atom. The van der Waals surface area contributed by atoms with Crippen LogP contribution in [0.2, 0.25) is 0 Å². The van der Waals surface area contributed by atoms with Crippen LogP contribution in [0.5, 0.6) is 5.75 Å². The summed E-state index contributed by atoms with van der Waals surface area (Å²) in [5.74, 6) is 1.01. The van der Waals surface area contributed by atoms with Crippen LogP contribution in [0, 0.1) is 6.92 Å². The third-order valence-corrected chi connectivity index (χ3v) is 4.69. The van der Waals surface area contributed by atoms with Gasteiger partial charge in [-0.05, 0) is 37.3 Å². The van der Waals surface area contributed by atoms with Crippen molar-refractivity contribution in [3.05, 3.63) is 53.6 Å². The van der Waals surface area contributed by atoms with Crippen molar-refractivity contribution in [2.24, 2.45) is 4.99 Å². The number of ether oxygens (including phenoxy) is 1. The molecule has 0 spiro atoms. The molecule has 2 N–H and O–H groups in total. The van der Waals surface area contributed by atoms with Crippen molar-refractivity contribution in [3.8, 4) is 5.75 Å². The molecular formula is C17H15N5OS. The predicted octanol–water partition coefficient (Wildman–Crippen LogP) is 3.08. The van der Waals surface area contributed by atoms with E-state index < -0.39 is 0 Å². The van der Waals surface area contributed by atoms with E-state index in [1.807, 2.05) is 53.8 Å². The molecule has 2 heterocycles. The van der Waals surface area contributed by atoms with E-state index in [2.05, 4.69) is 15.0 Å². The lowest BCUT2D eigenvalue weighted by Crippen LogP contribution is -2.20. The van der Waals surface area contributed by atoms with E-state index in [1.165, 1.54) is 16.9 Å². The topological polar surface area (TPSA) is 77.8 Å². The number of nitrogens with zero attached hydrogens (tertiary/aromatic N) is 4. The number of nitrogens with two attached hydrogens (primary N) is 1. The molecule has 0 saturated heterocycles. The Kier molecular flexibility index (Phi) is 3.42. The molecule has 0 unspecified atom stereocenters. The Bertz CT molecular complexity index is 1110. The molecule has 0 radical (unpaired) electrons. The molecule has 120 valence electrons. The largest absolute Gasteiger partial charge is 0.497 e. The molecule has 4 rings (SSSR count). The van der Waals surface area contributed by atoms with Gasteiger partial charge in [-0.3, -0.25) is 4.40 Å². The Morgan fingerprint density at radius 2 is 1.92 bits per heavy atom. The number of rotatable bonds is 2. The highest BCUT2D eigenvalue weighted by molar-refractivity contribution is 7.23. The first kappa shape index (κ1) is 14.6. The van der Waals surface area contributed by atoms with Crippen LogP contribution in [-0.4, -0.2) is 21.5 Å². The fraction of sp³-hybridized carbons (Fsp3) is 0.118. The van der Waals surface area contributed by atoms with Crippen molar-refractivity contribution in [2.75, 3.05) is 12.8 Å². The molecule has 4 aromatic rings. The molecule has 0 amide bonds. The van der Waals surface area contributed by atoms with Gasteiger partial charge in [0.05, 0.1) is 23.0 Å². The molecule has 0 bridgehead atoms. The summed E-state index contributed by atoms with van der Waals surface area (Å²) in [5.41, 5.74) is 9.35. The summed E-state index contributed by atoms with van der Waals surface area (Å²) in [6, 6.07) is 13.8. The number of aromatic nitrogens is 3. The lowest BCUT2D eigenvalue weighted by molar-refractivity contribution is 0.415. The molecule has 7 heteroatoms. The Labute approximate surface area is 141 Å². The highest BCUT2D eigenvalue weighted by Crippen LogP contribution is 2.27. The number of thiazole rings is 1. The number of hydrogen-bond donors (Lipinski definition) is 1. The van der Waals surface area contributed by atoms with Crippen LogP contribution in [0.25, 0.3) is 15.2 Å². The standard InChI is InChI=1S/C17H15N5OS/c1-10-3-5-11(6-4-10)19-16-20-15(18)21-17-22(16)13-8-7-12(23-2)9-14(13)24-17/h3-9H,1-2H3,(H2,18,19,20). The van der Waals surface area contributed by atoms with Gasteiger partial charge < -0.3 is 10.5 Å². The zero-order valence-corrected chi connectivity index (χ0v) is 14.0. The minimum Gasteiger partial charge on any atom is -0.497 e. The average Bonchev–Trinajstić information content (AvgIpc) is 2.93. The molecule has 24 heavy (non-hydrogen) atoms. The maximum atomic E-state index is 5.87. The Balaban J connectivity index is 2.05. The number of anilines is 1. The van der Waals surface area contributed by atoms with Gasteiger partial charge in [-0.1, -0.05) is 29.0 Å². The van der Waals surface area contributed by atoms with E-state index in [1.54, 1.807) is 7.11 Å². The second kappa shape index (κ2) is 5.61. The third kappa shape index (κ3) is 2.48. The molecule has 0 atom stereocenters. The van der Waals surface area contributed by atoms with Crippen LogP contribution in [0.1, 0.15) is 5.56 Å². The molecule has 0 saturated carbocycles. The van der Waals surface area contributed by atoms with Gasteiger partial charge in [-0.15, -0.1) is 0 Å². The highest BCUT2D eigenvalue weighted by atomic mass is 32.1. The fourth-order valence-corrected chi connectivity index (χ4v) is 3.53. The second-order valence-electron chi connectivity index (χ2n) is 5.38. The lowest BCUT2D eigenvalue weighted by Gasteiger charge is -2.01. The quantitative estimate of drug-likeness (QED) is 0.610. The van der Waals surface area contributed by atoms with E-state index in [4.69, 9.17) is 10.5 Å². The molecule has 2 aromatic carbocycles. The average molecular weight is 337 g/mol. The molecule has 0 aliphatic heterocycles. The van der Waals surface area contributed by atoms with Crippen molar-refractivity contribution in [3.63, 3.8) is 0 Å². The van der Waals surface area contributed by atoms with Crippen LogP contribution in [0.15, 0.2) is 47.5 Å². The summed E-state index contributed by atoms with van der Waals surface area (Å²) in [5, 5.41) is 0. The van der Waals surface area contributed by atoms with Crippen LogP contribution in [0.3, 0.4) is 0 Å². The minimum absolute atomic E-state index is 0.208. The summed E-state index contributed by atoms with van der Waals surface area (Å²) in [6.45, 7) is 2.04. The molecule has 2 aromatic heterocycles. The normalized spacial score (nSPS) is 12.2. The van der Waals surface area contributed by atoms with E-state index in [9.17, 15) is 0 Å². The third-order valence-electron chi connectivity index (χ3n) is 3.69. The van der Waals surface area contributed by atoms with Crippen LogP contribution in [0.4, 0.5) is 11.6 Å². The monoisotopic (exact) mass is 337 g/mol. The SMILES string of the molecule is COc1ccc2c(c1)sc1nc(N)n/c(=N\c3ccc(C)cc3)n12. The number of fused-ring (bicyclic) bond motifs is 3. The highest BCUT2D eigenvalue weighted by Gasteiger charge is 2.10. The van der Waals surface area contributed by atoms with E-state index in [-0.39, 0.29) is 5.95 Å². The Morgan fingerprint density at radius 1 is 1.12 bits per heavy atom. The van der Waals surface area contributed by atoms with E-state index >= 15 is 0 Å². The zero-order chi connectivity index (χ0) is 16.7. The molecule has 6 nitrogen and oxygen atoms in total. The van der Waals surface area contributed by atoms with Gasteiger partial charge in [0.1, 0.15) is 5.75 Å². The first-order chi connectivity index (χ1) is 11.6. The van der Waals surface area contributed by atoms with Crippen LogP contribution >= 0.6 is 11.3 Å². The molecule has 0 aliphatic carbocycles. The van der Waals surface area contributed by atoms with Gasteiger partial charge in [-0.25, -0.2) is 4.99 Å². The fourth-order valence-electron chi connectivity index (χ4n) is 2.49. The molecule has 0 aliphatic rings. The van der Waals surface area contributed by atoms with Crippen molar-refractivity contribution in [1.29, 1.82) is 0 Å². The first-order valence-corrected chi connectivity index (χ1v) is 8.20. The van der Waals surface area contributed by atoms with Crippen molar-refractivity contribution < 1.29 is 4.74 Å². The number of aryl methyl sites for hydroxylation is 1. The van der Waals surface area contributed by atoms with Gasteiger partial charge in [0.25, 0.3) is 0 Å². The van der Waals surface area contributed by atoms with Crippen molar-refractivity contribution in [1.82, 2.24) is 14.4 Å². The van der Waals surface area contributed by atoms with Crippen molar-refractivity contribution in [2.45, 2.75) is 6.92 Å². The predicted molar refractivity (Wildman–Crippen MR) is 95.7 cm³/mol. The van der Waals surface area contributed by atoms with Crippen LogP contribution < -0.4 is 16.1 Å². The number of nitrogen functional groups attached to an aromatic ring is 1. The summed E-state index contributed by atoms with van der Waals surface area (Å²) >= 11 is 1.52. The number of methoxy groups -OCH3 is 1. The van der Waals surface area contributed by atoms with Gasteiger partial charge in [-0.2, -0.15) is 9.97 Å². The van der Waals surface area contributed by atoms with Crippen LogP contribution in [-0.2, 0) is 0 Å². The Hall–Kier alpha value is -2.93. The van der Waals surface area contributed by atoms with Gasteiger partial charge in [0.15, 0.2) is 0 Å². The second-order valence-corrected chi connectivity index (χ2v) is 6.39. The zero-order valence-electron chi connectivity index (χ0n) is 13.2.